The number of hydrogen-bond donors (Lipinski definition) is 1. The quantitative estimate of drug-likeness (QED) is 0.730. The lowest BCUT2D eigenvalue weighted by molar-refractivity contribution is -0.231. The molecule has 0 amide bonds. The van der Waals surface area contributed by atoms with E-state index >= 15 is 0 Å². The van der Waals surface area contributed by atoms with Crippen LogP contribution >= 0.6 is 0 Å². The van der Waals surface area contributed by atoms with Gasteiger partial charge in [0.15, 0.2) is 5.79 Å². The van der Waals surface area contributed by atoms with E-state index in [1.807, 2.05) is 0 Å². The van der Waals surface area contributed by atoms with E-state index in [-0.39, 0.29) is 11.5 Å². The molecule has 8 atom stereocenters. The van der Waals surface area contributed by atoms with Crippen molar-refractivity contribution < 1.29 is 14.6 Å². The minimum absolute atomic E-state index is 0.141. The molecule has 1 heterocycles. The summed E-state index contributed by atoms with van der Waals surface area (Å²) in [5.74, 6) is 2.82. The Bertz CT molecular complexity index is 556. The predicted octanol–water partition coefficient (Wildman–Crippen LogP) is 4.77. The van der Waals surface area contributed by atoms with Crippen LogP contribution in [0.15, 0.2) is 0 Å². The molecule has 0 aromatic heterocycles. The monoisotopic (exact) mass is 362 g/mol. The van der Waals surface area contributed by atoms with Gasteiger partial charge in [0.25, 0.3) is 0 Å². The van der Waals surface area contributed by atoms with E-state index in [1.54, 1.807) is 0 Å². The molecule has 0 unspecified atom stereocenters. The number of hydrogen-bond acceptors (Lipinski definition) is 3. The third kappa shape index (κ3) is 2.29. The Kier molecular flexibility index (Phi) is 4.10. The zero-order valence-corrected chi connectivity index (χ0v) is 17.0. The molecule has 0 radical (unpaired) electrons. The van der Waals surface area contributed by atoms with Gasteiger partial charge in [0, 0.05) is 5.92 Å². The minimum Gasteiger partial charge on any atom is -0.393 e. The van der Waals surface area contributed by atoms with Gasteiger partial charge in [-0.2, -0.15) is 0 Å². The second-order valence-electron chi connectivity index (χ2n) is 10.9. The average molecular weight is 363 g/mol. The van der Waals surface area contributed by atoms with Crippen molar-refractivity contribution in [2.75, 3.05) is 13.2 Å². The lowest BCUT2D eigenvalue weighted by atomic mass is 9.44. The van der Waals surface area contributed by atoms with E-state index in [0.29, 0.717) is 23.2 Å². The van der Waals surface area contributed by atoms with Crippen LogP contribution in [0.4, 0.5) is 0 Å². The summed E-state index contributed by atoms with van der Waals surface area (Å²) in [6.07, 6.45) is 11.6. The third-order valence-corrected chi connectivity index (χ3v) is 10.0. The summed E-state index contributed by atoms with van der Waals surface area (Å²) in [4.78, 5) is 0. The van der Waals surface area contributed by atoms with Gasteiger partial charge < -0.3 is 14.6 Å². The summed E-state index contributed by atoms with van der Waals surface area (Å²) < 4.78 is 12.2. The second kappa shape index (κ2) is 5.94. The van der Waals surface area contributed by atoms with Crippen molar-refractivity contribution in [2.24, 2.45) is 40.4 Å². The summed E-state index contributed by atoms with van der Waals surface area (Å²) in [6, 6.07) is 0. The van der Waals surface area contributed by atoms with Crippen LogP contribution in [0.5, 0.6) is 0 Å². The van der Waals surface area contributed by atoms with Crippen molar-refractivity contribution in [3.63, 3.8) is 0 Å². The van der Waals surface area contributed by atoms with Gasteiger partial charge in [-0.25, -0.2) is 0 Å². The fourth-order valence-electron chi connectivity index (χ4n) is 9.01. The van der Waals surface area contributed by atoms with E-state index in [9.17, 15) is 5.11 Å². The standard InChI is InChI=1S/C23H38O3/c1-21-11-5-4-6-15(21)7-8-16-17-9-10-19(23(3)25-12-13-26-23)22(17,2)14-18(24)20(16)21/h15-20,24H,4-14H2,1-3H3/t15-,16+,17-,18+,19-,20+,21+,22-/m1/s1. The molecule has 0 bridgehead atoms. The highest BCUT2D eigenvalue weighted by Gasteiger charge is 2.65. The summed E-state index contributed by atoms with van der Waals surface area (Å²) in [5, 5.41) is 11.5. The summed E-state index contributed by atoms with van der Waals surface area (Å²) in [7, 11) is 0. The Hall–Kier alpha value is -0.120. The van der Waals surface area contributed by atoms with Crippen LogP contribution in [0.2, 0.25) is 0 Å². The maximum Gasteiger partial charge on any atom is 0.169 e. The van der Waals surface area contributed by atoms with Gasteiger partial charge in [-0.15, -0.1) is 0 Å². The molecule has 4 saturated carbocycles. The third-order valence-electron chi connectivity index (χ3n) is 10.0. The lowest BCUT2D eigenvalue weighted by Gasteiger charge is -2.62. The Labute approximate surface area is 159 Å². The van der Waals surface area contributed by atoms with Crippen LogP contribution < -0.4 is 0 Å². The van der Waals surface area contributed by atoms with Gasteiger partial charge in [-0.1, -0.05) is 26.7 Å². The maximum atomic E-state index is 11.5. The van der Waals surface area contributed by atoms with Crippen LogP contribution in [0.25, 0.3) is 0 Å². The highest BCUT2D eigenvalue weighted by Crippen LogP contribution is 2.69. The summed E-state index contributed by atoms with van der Waals surface area (Å²) in [6.45, 7) is 8.61. The molecular formula is C23H38O3. The van der Waals surface area contributed by atoms with Crippen LogP contribution in [0.1, 0.15) is 78.6 Å². The molecule has 148 valence electrons. The predicted molar refractivity (Wildman–Crippen MR) is 102 cm³/mol. The van der Waals surface area contributed by atoms with E-state index in [0.717, 1.165) is 31.5 Å². The van der Waals surface area contributed by atoms with Crippen molar-refractivity contribution in [1.82, 2.24) is 0 Å². The number of fused-ring (bicyclic) bond motifs is 5. The van der Waals surface area contributed by atoms with Crippen molar-refractivity contribution in [3.8, 4) is 0 Å². The lowest BCUT2D eigenvalue weighted by Crippen LogP contribution is -2.59. The number of aliphatic hydroxyl groups is 1. The Balaban J connectivity index is 1.47. The molecule has 3 nitrogen and oxygen atoms in total. The number of rotatable bonds is 1. The van der Waals surface area contributed by atoms with Crippen molar-refractivity contribution in [1.29, 1.82) is 0 Å². The summed E-state index contributed by atoms with van der Waals surface area (Å²) >= 11 is 0. The van der Waals surface area contributed by atoms with Gasteiger partial charge >= 0.3 is 0 Å². The van der Waals surface area contributed by atoms with Crippen molar-refractivity contribution >= 4 is 0 Å². The molecule has 1 saturated heterocycles. The first-order chi connectivity index (χ1) is 12.4. The van der Waals surface area contributed by atoms with Crippen LogP contribution in [-0.4, -0.2) is 30.2 Å². The SMILES string of the molecule is CC1([C@@H]2CC[C@@H]3[C@@H]4CC[C@H]5CCCC[C@]5(C)[C@@H]4[C@@H](O)C[C@]32C)OCCO1. The molecule has 4 aliphatic carbocycles. The number of ether oxygens (including phenoxy) is 2. The molecule has 1 aliphatic heterocycles. The van der Waals surface area contributed by atoms with E-state index in [4.69, 9.17) is 9.47 Å². The first kappa shape index (κ1) is 17.9. The fraction of sp³-hybridized carbons (Fsp3) is 1.00. The normalized spacial score (nSPS) is 55.8. The molecule has 0 aromatic carbocycles. The maximum absolute atomic E-state index is 11.5. The van der Waals surface area contributed by atoms with E-state index < -0.39 is 5.79 Å². The Morgan fingerprint density at radius 1 is 0.846 bits per heavy atom. The molecule has 5 aliphatic rings. The molecule has 3 heteroatoms. The zero-order chi connectivity index (χ0) is 18.2. The second-order valence-corrected chi connectivity index (χ2v) is 10.9. The van der Waals surface area contributed by atoms with Gasteiger partial charge in [0.1, 0.15) is 0 Å². The van der Waals surface area contributed by atoms with Crippen LogP contribution in [0, 0.1) is 40.4 Å². The van der Waals surface area contributed by atoms with Crippen molar-refractivity contribution in [3.05, 3.63) is 0 Å². The van der Waals surface area contributed by atoms with Gasteiger partial charge in [-0.3, -0.25) is 0 Å². The summed E-state index contributed by atoms with van der Waals surface area (Å²) in [5.41, 5.74) is 0.543. The van der Waals surface area contributed by atoms with E-state index in [2.05, 4.69) is 20.8 Å². The average Bonchev–Trinajstić information content (AvgIpc) is 3.17. The molecule has 5 fully saturated rings. The Morgan fingerprint density at radius 3 is 2.38 bits per heavy atom. The highest BCUT2D eigenvalue weighted by molar-refractivity contribution is 5.13. The molecule has 1 N–H and O–H groups in total. The van der Waals surface area contributed by atoms with E-state index in [1.165, 1.54) is 51.4 Å². The molecule has 5 rings (SSSR count). The minimum atomic E-state index is -0.429. The first-order valence-corrected chi connectivity index (χ1v) is 11.3. The largest absolute Gasteiger partial charge is 0.393 e. The van der Waals surface area contributed by atoms with Gasteiger partial charge in [-0.05, 0) is 86.4 Å². The molecule has 26 heavy (non-hydrogen) atoms. The zero-order valence-electron chi connectivity index (χ0n) is 17.0. The topological polar surface area (TPSA) is 38.7 Å². The van der Waals surface area contributed by atoms with Crippen LogP contribution in [-0.2, 0) is 9.47 Å². The van der Waals surface area contributed by atoms with Gasteiger partial charge in [0.2, 0.25) is 0 Å². The number of aliphatic hydroxyl groups excluding tert-OH is 1. The molecule has 0 spiro atoms. The van der Waals surface area contributed by atoms with Crippen molar-refractivity contribution in [2.45, 2.75) is 90.4 Å². The van der Waals surface area contributed by atoms with Gasteiger partial charge in [0.05, 0.1) is 19.3 Å². The first-order valence-electron chi connectivity index (χ1n) is 11.3. The molecule has 0 aromatic rings. The smallest absolute Gasteiger partial charge is 0.169 e. The molecular weight excluding hydrogens is 324 g/mol. The fourth-order valence-corrected chi connectivity index (χ4v) is 9.01. The Morgan fingerprint density at radius 2 is 1.62 bits per heavy atom. The highest BCUT2D eigenvalue weighted by atomic mass is 16.7. The van der Waals surface area contributed by atoms with Crippen LogP contribution in [0.3, 0.4) is 0 Å².